The molecule has 1 amide bonds. The second-order valence-corrected chi connectivity index (χ2v) is 8.66. The van der Waals surface area contributed by atoms with Crippen LogP contribution in [0.5, 0.6) is 0 Å². The highest BCUT2D eigenvalue weighted by molar-refractivity contribution is 7.92. The van der Waals surface area contributed by atoms with Gasteiger partial charge in [0.2, 0.25) is 11.0 Å². The Labute approximate surface area is 155 Å². The number of aryl methyl sites for hydroxylation is 2. The van der Waals surface area contributed by atoms with Crippen LogP contribution in [-0.2, 0) is 27.5 Å². The van der Waals surface area contributed by atoms with Crippen LogP contribution >= 0.6 is 11.3 Å². The van der Waals surface area contributed by atoms with E-state index in [-0.39, 0.29) is 4.90 Å². The molecule has 0 aliphatic heterocycles. The van der Waals surface area contributed by atoms with Crippen molar-refractivity contribution in [2.75, 3.05) is 11.1 Å². The lowest BCUT2D eigenvalue weighted by Gasteiger charge is -2.03. The van der Waals surface area contributed by atoms with Crippen LogP contribution in [0.4, 0.5) is 5.13 Å². The lowest BCUT2D eigenvalue weighted by Crippen LogP contribution is -2.22. The topological polar surface area (TPSA) is 89.0 Å². The summed E-state index contributed by atoms with van der Waals surface area (Å²) in [7, 11) is -3.67. The van der Waals surface area contributed by atoms with Crippen LogP contribution in [0.2, 0.25) is 0 Å². The zero-order chi connectivity index (χ0) is 18.4. The number of benzene rings is 2. The van der Waals surface area contributed by atoms with E-state index in [1.54, 1.807) is 18.2 Å². The normalized spacial score (nSPS) is 11.2. The molecule has 8 heteroatoms. The summed E-state index contributed by atoms with van der Waals surface area (Å²) in [5, 5.41) is 11.6. The fourth-order valence-electron chi connectivity index (χ4n) is 2.34. The van der Waals surface area contributed by atoms with Crippen LogP contribution in [0.3, 0.4) is 0 Å². The average Bonchev–Trinajstić information content (AvgIpc) is 3.08. The number of rotatable bonds is 7. The third-order valence-corrected chi connectivity index (χ3v) is 6.14. The molecule has 2 aromatic carbocycles. The number of nitrogens with zero attached hydrogens (tertiary/aromatic N) is 2. The summed E-state index contributed by atoms with van der Waals surface area (Å²) in [6.07, 6.45) is 1.53. The van der Waals surface area contributed by atoms with Crippen molar-refractivity contribution in [1.82, 2.24) is 10.2 Å². The van der Waals surface area contributed by atoms with E-state index in [0.29, 0.717) is 11.6 Å². The lowest BCUT2D eigenvalue weighted by atomic mass is 10.1. The van der Waals surface area contributed by atoms with Crippen molar-refractivity contribution >= 4 is 32.2 Å². The van der Waals surface area contributed by atoms with E-state index in [1.807, 2.05) is 30.3 Å². The summed E-state index contributed by atoms with van der Waals surface area (Å²) in [6, 6.07) is 17.9. The van der Waals surface area contributed by atoms with Gasteiger partial charge in [-0.2, -0.15) is 0 Å². The van der Waals surface area contributed by atoms with Crippen molar-refractivity contribution in [3.63, 3.8) is 0 Å². The van der Waals surface area contributed by atoms with Crippen molar-refractivity contribution in [2.24, 2.45) is 0 Å². The van der Waals surface area contributed by atoms with Gasteiger partial charge in [-0.05, 0) is 24.1 Å². The van der Waals surface area contributed by atoms with Crippen LogP contribution in [0.1, 0.15) is 10.6 Å². The molecular formula is C18H17N3O3S2. The van der Waals surface area contributed by atoms with E-state index in [9.17, 15) is 13.2 Å². The number of hydrogen-bond donors (Lipinski definition) is 1. The van der Waals surface area contributed by atoms with Gasteiger partial charge in [0, 0.05) is 6.42 Å². The highest BCUT2D eigenvalue weighted by atomic mass is 32.2. The maximum absolute atomic E-state index is 12.2. The van der Waals surface area contributed by atoms with Gasteiger partial charge in [-0.3, -0.25) is 10.1 Å². The molecule has 3 rings (SSSR count). The Morgan fingerprint density at radius 1 is 0.923 bits per heavy atom. The van der Waals surface area contributed by atoms with Gasteiger partial charge in [-0.15, -0.1) is 10.2 Å². The second-order valence-electron chi connectivity index (χ2n) is 5.61. The minimum Gasteiger partial charge on any atom is -0.300 e. The number of amides is 1. The van der Waals surface area contributed by atoms with Gasteiger partial charge < -0.3 is 0 Å². The Balaban J connectivity index is 1.56. The van der Waals surface area contributed by atoms with Gasteiger partial charge in [-0.25, -0.2) is 8.42 Å². The Kier molecular flexibility index (Phi) is 5.75. The minimum absolute atomic E-state index is 0.121. The van der Waals surface area contributed by atoms with E-state index in [0.717, 1.165) is 11.4 Å². The number of aromatic nitrogens is 2. The summed E-state index contributed by atoms with van der Waals surface area (Å²) >= 11 is 1.25. The van der Waals surface area contributed by atoms with Gasteiger partial charge in [-0.1, -0.05) is 59.9 Å². The Bertz CT molecular complexity index is 971. The van der Waals surface area contributed by atoms with E-state index >= 15 is 0 Å². The fourth-order valence-corrected chi connectivity index (χ4v) is 4.25. The number of anilines is 1. The molecule has 1 N–H and O–H groups in total. The molecular weight excluding hydrogens is 370 g/mol. The molecule has 0 aliphatic rings. The van der Waals surface area contributed by atoms with Crippen molar-refractivity contribution in [3.8, 4) is 0 Å². The first-order valence-electron chi connectivity index (χ1n) is 7.97. The first kappa shape index (κ1) is 18.2. The van der Waals surface area contributed by atoms with Crippen molar-refractivity contribution < 1.29 is 13.2 Å². The third-order valence-electron chi connectivity index (χ3n) is 3.61. The number of sulfone groups is 1. The largest absolute Gasteiger partial charge is 0.300 e. The van der Waals surface area contributed by atoms with Crippen LogP contribution < -0.4 is 5.32 Å². The average molecular weight is 387 g/mol. The van der Waals surface area contributed by atoms with Gasteiger partial charge >= 0.3 is 0 Å². The van der Waals surface area contributed by atoms with Crippen molar-refractivity contribution in [3.05, 3.63) is 71.2 Å². The fraction of sp³-hybridized carbons (Fsp3) is 0.167. The van der Waals surface area contributed by atoms with Crippen molar-refractivity contribution in [2.45, 2.75) is 17.7 Å². The standard InChI is InChI=1S/C18H17N3O3S2/c22-16(13-26(23,24)15-9-5-2-6-10-15)19-18-21-20-17(25-18)12-11-14-7-3-1-4-8-14/h1-10H,11-13H2,(H,19,21,22). The number of carbonyl (C=O) groups excluding carboxylic acids is 1. The van der Waals surface area contributed by atoms with Crippen LogP contribution in [-0.4, -0.2) is 30.3 Å². The van der Waals surface area contributed by atoms with Crippen LogP contribution in [0.15, 0.2) is 65.6 Å². The molecule has 0 bridgehead atoms. The van der Waals surface area contributed by atoms with Crippen LogP contribution in [0.25, 0.3) is 0 Å². The first-order valence-corrected chi connectivity index (χ1v) is 10.4. The van der Waals surface area contributed by atoms with Crippen molar-refractivity contribution in [1.29, 1.82) is 0 Å². The SMILES string of the molecule is O=C(CS(=O)(=O)c1ccccc1)Nc1nnc(CCc2ccccc2)s1. The van der Waals surface area contributed by atoms with Gasteiger partial charge in [0.1, 0.15) is 10.8 Å². The Morgan fingerprint density at radius 3 is 2.27 bits per heavy atom. The van der Waals surface area contributed by atoms with Gasteiger partial charge in [0.15, 0.2) is 9.84 Å². The van der Waals surface area contributed by atoms with Gasteiger partial charge in [0.05, 0.1) is 4.90 Å². The maximum atomic E-state index is 12.2. The molecule has 3 aromatic rings. The minimum atomic E-state index is -3.67. The summed E-state index contributed by atoms with van der Waals surface area (Å²) < 4.78 is 24.4. The molecule has 0 radical (unpaired) electrons. The van der Waals surface area contributed by atoms with E-state index < -0.39 is 21.5 Å². The molecule has 0 fully saturated rings. The molecule has 0 atom stereocenters. The monoisotopic (exact) mass is 387 g/mol. The molecule has 0 saturated carbocycles. The van der Waals surface area contributed by atoms with Crippen LogP contribution in [0, 0.1) is 0 Å². The van der Waals surface area contributed by atoms with E-state index in [1.165, 1.54) is 29.0 Å². The molecule has 0 saturated heterocycles. The number of hydrogen-bond acceptors (Lipinski definition) is 6. The third kappa shape index (κ3) is 4.96. The first-order chi connectivity index (χ1) is 12.5. The molecule has 6 nitrogen and oxygen atoms in total. The predicted molar refractivity (Wildman–Crippen MR) is 101 cm³/mol. The summed E-state index contributed by atoms with van der Waals surface area (Å²) in [5.41, 5.74) is 1.20. The molecule has 0 spiro atoms. The summed E-state index contributed by atoms with van der Waals surface area (Å²) in [4.78, 5) is 12.2. The quantitative estimate of drug-likeness (QED) is 0.673. The summed E-state index contributed by atoms with van der Waals surface area (Å²) in [5.74, 6) is -1.25. The zero-order valence-electron chi connectivity index (χ0n) is 13.8. The molecule has 26 heavy (non-hydrogen) atoms. The molecule has 1 heterocycles. The molecule has 0 aliphatic carbocycles. The number of carbonyl (C=O) groups is 1. The molecule has 0 unspecified atom stereocenters. The Morgan fingerprint density at radius 2 is 1.58 bits per heavy atom. The van der Waals surface area contributed by atoms with Gasteiger partial charge in [0.25, 0.3) is 0 Å². The zero-order valence-corrected chi connectivity index (χ0v) is 15.5. The highest BCUT2D eigenvalue weighted by Gasteiger charge is 2.20. The highest BCUT2D eigenvalue weighted by Crippen LogP contribution is 2.18. The smallest absolute Gasteiger partial charge is 0.241 e. The predicted octanol–water partition coefficient (Wildman–Crippen LogP) is 2.74. The molecule has 1 aromatic heterocycles. The second kappa shape index (κ2) is 8.20. The Hall–Kier alpha value is -2.58. The van der Waals surface area contributed by atoms with E-state index in [2.05, 4.69) is 15.5 Å². The summed E-state index contributed by atoms with van der Waals surface area (Å²) in [6.45, 7) is 0. The maximum Gasteiger partial charge on any atom is 0.241 e. The number of nitrogens with one attached hydrogen (secondary N) is 1. The lowest BCUT2D eigenvalue weighted by molar-refractivity contribution is -0.113. The van der Waals surface area contributed by atoms with E-state index in [4.69, 9.17) is 0 Å². The molecule has 134 valence electrons.